The van der Waals surface area contributed by atoms with Gasteiger partial charge < -0.3 is 15.7 Å². The molecule has 19 heavy (non-hydrogen) atoms. The van der Waals surface area contributed by atoms with E-state index in [-0.39, 0.29) is 5.91 Å². The minimum atomic E-state index is -1.18. The van der Waals surface area contributed by atoms with Crippen molar-refractivity contribution in [3.63, 3.8) is 0 Å². The van der Waals surface area contributed by atoms with Gasteiger partial charge in [-0.1, -0.05) is 41.5 Å². The van der Waals surface area contributed by atoms with E-state index in [4.69, 9.17) is 5.11 Å². The van der Waals surface area contributed by atoms with E-state index in [2.05, 4.69) is 31.4 Å². The van der Waals surface area contributed by atoms with Gasteiger partial charge in [-0.3, -0.25) is 4.79 Å². The van der Waals surface area contributed by atoms with E-state index in [0.717, 1.165) is 6.42 Å². The third-order valence-corrected chi connectivity index (χ3v) is 3.43. The molecule has 2 atom stereocenters. The van der Waals surface area contributed by atoms with E-state index in [1.165, 1.54) is 0 Å². The van der Waals surface area contributed by atoms with Crippen LogP contribution in [-0.4, -0.2) is 29.7 Å². The van der Waals surface area contributed by atoms with Crippen LogP contribution < -0.4 is 10.6 Å². The molecule has 5 nitrogen and oxygen atoms in total. The average Bonchev–Trinajstić information content (AvgIpc) is 2.23. The van der Waals surface area contributed by atoms with Gasteiger partial charge in [0.1, 0.15) is 6.04 Å². The van der Waals surface area contributed by atoms with Crippen LogP contribution in [0.1, 0.15) is 48.0 Å². The Kier molecular flexibility index (Phi) is 6.87. The van der Waals surface area contributed by atoms with Crippen molar-refractivity contribution in [1.29, 1.82) is 0 Å². The van der Waals surface area contributed by atoms with Crippen LogP contribution in [0, 0.1) is 17.3 Å². The molecule has 0 aromatic rings. The van der Waals surface area contributed by atoms with Crippen LogP contribution in [0.2, 0.25) is 0 Å². The van der Waals surface area contributed by atoms with Gasteiger partial charge in [0.25, 0.3) is 0 Å². The molecule has 0 radical (unpaired) electrons. The topological polar surface area (TPSA) is 78.4 Å². The summed E-state index contributed by atoms with van der Waals surface area (Å²) in [7, 11) is 0. The zero-order valence-electron chi connectivity index (χ0n) is 12.9. The Morgan fingerprint density at radius 3 is 2.05 bits per heavy atom. The van der Waals surface area contributed by atoms with Crippen molar-refractivity contribution in [1.82, 2.24) is 10.6 Å². The molecule has 0 aliphatic carbocycles. The number of carbonyl (C=O) groups excluding carboxylic acids is 1. The Bertz CT molecular complexity index is 308. The van der Waals surface area contributed by atoms with Gasteiger partial charge in [0.05, 0.1) is 0 Å². The Balaban J connectivity index is 4.38. The Hall–Kier alpha value is -1.26. The first-order valence-corrected chi connectivity index (χ1v) is 6.83. The third-order valence-electron chi connectivity index (χ3n) is 3.43. The predicted octanol–water partition coefficient (Wildman–Crippen LogP) is 2.47. The summed E-state index contributed by atoms with van der Waals surface area (Å²) >= 11 is 0. The van der Waals surface area contributed by atoms with Crippen LogP contribution in [0.3, 0.4) is 0 Å². The highest BCUT2D eigenvalue weighted by Crippen LogP contribution is 2.19. The van der Waals surface area contributed by atoms with Crippen molar-refractivity contribution >= 4 is 12.0 Å². The zero-order valence-corrected chi connectivity index (χ0v) is 12.9. The lowest BCUT2D eigenvalue weighted by molar-refractivity contribution is -0.125. The standard InChI is InChI=1S/C14H28N2O3/c1-9(2)10(3)7-8-15-12(17)11(14(4,5)6)16-13(18)19/h9-11,16H,7-8H2,1-6H3,(H,15,17)(H,18,19)/t10-,11-/m1/s1. The molecule has 5 heteroatoms. The molecule has 0 unspecified atom stereocenters. The number of amides is 2. The fraction of sp³-hybridized carbons (Fsp3) is 0.857. The molecule has 0 heterocycles. The van der Waals surface area contributed by atoms with Crippen molar-refractivity contribution in [3.05, 3.63) is 0 Å². The molecular weight excluding hydrogens is 244 g/mol. The zero-order chi connectivity index (χ0) is 15.2. The summed E-state index contributed by atoms with van der Waals surface area (Å²) in [5, 5.41) is 13.9. The summed E-state index contributed by atoms with van der Waals surface area (Å²) in [4.78, 5) is 22.8. The molecule has 0 bridgehead atoms. The molecule has 0 rings (SSSR count). The third kappa shape index (κ3) is 7.03. The van der Waals surface area contributed by atoms with Crippen LogP contribution >= 0.6 is 0 Å². The lowest BCUT2D eigenvalue weighted by Crippen LogP contribution is -2.53. The molecule has 3 N–H and O–H groups in total. The van der Waals surface area contributed by atoms with E-state index in [0.29, 0.717) is 18.4 Å². The van der Waals surface area contributed by atoms with Crippen LogP contribution in [0.5, 0.6) is 0 Å². The number of hydrogen-bond acceptors (Lipinski definition) is 2. The summed E-state index contributed by atoms with van der Waals surface area (Å²) in [6.07, 6.45) is -0.279. The van der Waals surface area contributed by atoms with Gasteiger partial charge in [-0.2, -0.15) is 0 Å². The van der Waals surface area contributed by atoms with Crippen LogP contribution in [0.4, 0.5) is 4.79 Å². The second kappa shape index (κ2) is 7.36. The first-order chi connectivity index (χ1) is 8.55. The van der Waals surface area contributed by atoms with Crippen molar-refractivity contribution in [2.75, 3.05) is 6.54 Å². The molecule has 2 amide bonds. The van der Waals surface area contributed by atoms with E-state index in [1.54, 1.807) is 0 Å². The van der Waals surface area contributed by atoms with Crippen molar-refractivity contribution in [2.24, 2.45) is 17.3 Å². The summed E-state index contributed by atoms with van der Waals surface area (Å²) < 4.78 is 0. The number of rotatable bonds is 6. The maximum absolute atomic E-state index is 12.0. The number of hydrogen-bond donors (Lipinski definition) is 3. The van der Waals surface area contributed by atoms with Gasteiger partial charge in [-0.25, -0.2) is 4.79 Å². The molecule has 0 fully saturated rings. The highest BCUT2D eigenvalue weighted by Gasteiger charge is 2.32. The average molecular weight is 272 g/mol. The van der Waals surface area contributed by atoms with E-state index < -0.39 is 17.6 Å². The second-order valence-corrected chi connectivity index (χ2v) is 6.55. The smallest absolute Gasteiger partial charge is 0.405 e. The monoisotopic (exact) mass is 272 g/mol. The van der Waals surface area contributed by atoms with Crippen molar-refractivity contribution in [2.45, 2.75) is 54.0 Å². The highest BCUT2D eigenvalue weighted by molar-refractivity contribution is 5.85. The lowest BCUT2D eigenvalue weighted by atomic mass is 9.86. The first-order valence-electron chi connectivity index (χ1n) is 6.83. The summed E-state index contributed by atoms with van der Waals surface area (Å²) in [5.41, 5.74) is -0.452. The maximum atomic E-state index is 12.0. The fourth-order valence-corrected chi connectivity index (χ4v) is 1.66. The minimum absolute atomic E-state index is 0.258. The molecular formula is C14H28N2O3. The van der Waals surface area contributed by atoms with Crippen LogP contribution in [-0.2, 0) is 4.79 Å². The quantitative estimate of drug-likeness (QED) is 0.695. The largest absolute Gasteiger partial charge is 0.465 e. The maximum Gasteiger partial charge on any atom is 0.405 e. The van der Waals surface area contributed by atoms with Crippen LogP contribution in [0.25, 0.3) is 0 Å². The Labute approximate surface area is 116 Å². The summed E-state index contributed by atoms with van der Waals surface area (Å²) in [6, 6.07) is -0.737. The van der Waals surface area contributed by atoms with Gasteiger partial charge in [-0.05, 0) is 23.7 Å². The number of carbonyl (C=O) groups is 2. The first kappa shape index (κ1) is 17.7. The minimum Gasteiger partial charge on any atom is -0.465 e. The summed E-state index contributed by atoms with van der Waals surface area (Å²) in [6.45, 7) is 12.5. The second-order valence-electron chi connectivity index (χ2n) is 6.55. The predicted molar refractivity (Wildman–Crippen MR) is 76.0 cm³/mol. The molecule has 0 spiro atoms. The number of nitrogens with one attached hydrogen (secondary N) is 2. The van der Waals surface area contributed by atoms with Crippen molar-refractivity contribution < 1.29 is 14.7 Å². The van der Waals surface area contributed by atoms with Crippen LogP contribution in [0.15, 0.2) is 0 Å². The molecule has 0 aromatic heterocycles. The van der Waals surface area contributed by atoms with Gasteiger partial charge in [0, 0.05) is 6.54 Å². The van der Waals surface area contributed by atoms with E-state index >= 15 is 0 Å². The summed E-state index contributed by atoms with van der Waals surface area (Å²) in [5.74, 6) is 0.846. The molecule has 0 saturated carbocycles. The molecule has 0 saturated heterocycles. The lowest BCUT2D eigenvalue weighted by Gasteiger charge is -2.29. The van der Waals surface area contributed by atoms with Gasteiger partial charge >= 0.3 is 6.09 Å². The molecule has 0 aliphatic heterocycles. The molecule has 0 aromatic carbocycles. The van der Waals surface area contributed by atoms with Crippen molar-refractivity contribution in [3.8, 4) is 0 Å². The van der Waals surface area contributed by atoms with E-state index in [9.17, 15) is 9.59 Å². The van der Waals surface area contributed by atoms with Gasteiger partial charge in [0.15, 0.2) is 0 Å². The normalized spacial score (nSPS) is 14.9. The molecule has 112 valence electrons. The Morgan fingerprint density at radius 1 is 1.16 bits per heavy atom. The van der Waals surface area contributed by atoms with E-state index in [1.807, 2.05) is 20.8 Å². The molecule has 0 aliphatic rings. The highest BCUT2D eigenvalue weighted by atomic mass is 16.4. The number of carboxylic acid groups (broad SMARTS) is 1. The SMILES string of the molecule is CC(C)[C@H](C)CCNC(=O)[C@@H](NC(=O)O)C(C)(C)C. The Morgan fingerprint density at radius 2 is 1.68 bits per heavy atom. The van der Waals surface area contributed by atoms with Gasteiger partial charge in [-0.15, -0.1) is 0 Å². The van der Waals surface area contributed by atoms with Gasteiger partial charge in [0.2, 0.25) is 5.91 Å². The fourth-order valence-electron chi connectivity index (χ4n) is 1.66.